The molecule has 0 fully saturated rings. The summed E-state index contributed by atoms with van der Waals surface area (Å²) in [6.45, 7) is 0.326. The van der Waals surface area contributed by atoms with Gasteiger partial charge >= 0.3 is 0 Å². The molecular weight excluding hydrogens is 97.1 g/mol. The van der Waals surface area contributed by atoms with Crippen LogP contribution in [0.25, 0.3) is 0 Å². The summed E-state index contributed by atoms with van der Waals surface area (Å²) < 4.78 is 12.3. The molecule has 0 bridgehead atoms. The Labute approximate surface area is 39.8 Å². The fourth-order valence-electron chi connectivity index (χ4n) is 0.268. The Bertz CT molecular complexity index is 125. The van der Waals surface area contributed by atoms with E-state index in [0.717, 1.165) is 4.68 Å². The summed E-state index contributed by atoms with van der Waals surface area (Å²) in [4.78, 5) is 3.47. The standard InChI is InChI=1S/C3H3FN3/c4-1-7-3-5-2-6-7/h1-3H/q-1. The zero-order valence-corrected chi connectivity index (χ0v) is 3.45. The molecule has 3 nitrogen and oxygen atoms in total. The second-order valence-corrected chi connectivity index (χ2v) is 0.973. The molecule has 0 aromatic carbocycles. The van der Waals surface area contributed by atoms with Gasteiger partial charge in [0.2, 0.25) is 0 Å². The van der Waals surface area contributed by atoms with Crippen LogP contribution in [0.4, 0.5) is 4.39 Å². The monoisotopic (exact) mass is 100 g/mol. The maximum absolute atomic E-state index is 11.3. The summed E-state index contributed by atoms with van der Waals surface area (Å²) >= 11 is 0. The minimum atomic E-state index is 0.326. The number of nitrogens with zero attached hydrogens (tertiary/aromatic N) is 3. The molecule has 0 saturated carbocycles. The largest absolute Gasteiger partial charge is 0.359 e. The van der Waals surface area contributed by atoms with Crippen molar-refractivity contribution in [3.8, 4) is 0 Å². The second-order valence-electron chi connectivity index (χ2n) is 0.973. The molecule has 0 aliphatic carbocycles. The first-order valence-corrected chi connectivity index (χ1v) is 1.71. The molecule has 1 aromatic heterocycles. The maximum atomic E-state index is 11.3. The minimum Gasteiger partial charge on any atom is -0.359 e. The van der Waals surface area contributed by atoms with Crippen molar-refractivity contribution >= 4 is 0 Å². The van der Waals surface area contributed by atoms with Gasteiger partial charge in [0.15, 0.2) is 0 Å². The van der Waals surface area contributed by atoms with Gasteiger partial charge in [0.1, 0.15) is 6.33 Å². The zero-order valence-electron chi connectivity index (χ0n) is 3.45. The highest BCUT2D eigenvalue weighted by atomic mass is 19.1. The first-order chi connectivity index (χ1) is 3.43. The highest BCUT2D eigenvalue weighted by Gasteiger charge is 1.70. The smallest absolute Gasteiger partial charge is 0.115 e. The first-order valence-electron chi connectivity index (χ1n) is 1.71. The van der Waals surface area contributed by atoms with E-state index >= 15 is 0 Å². The number of aromatic nitrogens is 3. The quantitative estimate of drug-likeness (QED) is 0.472. The van der Waals surface area contributed by atoms with Crippen molar-refractivity contribution in [3.05, 3.63) is 19.5 Å². The van der Waals surface area contributed by atoms with Crippen LogP contribution in [0.3, 0.4) is 0 Å². The van der Waals surface area contributed by atoms with Crippen LogP contribution in [0.1, 0.15) is 0 Å². The highest BCUT2D eigenvalue weighted by molar-refractivity contribution is 4.59. The Morgan fingerprint density at radius 3 is 2.86 bits per heavy atom. The molecular formula is C3H3FN3-. The zero-order chi connectivity index (χ0) is 5.11. The van der Waals surface area contributed by atoms with Crippen LogP contribution in [0.2, 0.25) is 0 Å². The molecule has 0 spiro atoms. The van der Waals surface area contributed by atoms with Crippen LogP contribution in [-0.2, 0) is 0 Å². The van der Waals surface area contributed by atoms with Gasteiger partial charge in [-0.25, -0.2) is 0 Å². The van der Waals surface area contributed by atoms with Gasteiger partial charge in [-0.05, 0) is 6.33 Å². The third-order valence-corrected chi connectivity index (χ3v) is 0.537. The summed E-state index contributed by atoms with van der Waals surface area (Å²) in [7, 11) is 0. The van der Waals surface area contributed by atoms with E-state index < -0.39 is 0 Å². The lowest BCUT2D eigenvalue weighted by molar-refractivity contribution is 0.520. The first kappa shape index (κ1) is 4.11. The Morgan fingerprint density at radius 2 is 2.57 bits per heavy atom. The van der Waals surface area contributed by atoms with Gasteiger partial charge in [-0.1, -0.05) is 0 Å². The van der Waals surface area contributed by atoms with Crippen molar-refractivity contribution in [2.75, 3.05) is 0 Å². The van der Waals surface area contributed by atoms with E-state index in [0.29, 0.717) is 6.80 Å². The lowest BCUT2D eigenvalue weighted by Gasteiger charge is -1.94. The molecule has 38 valence electrons. The van der Waals surface area contributed by atoms with Crippen LogP contribution in [-0.4, -0.2) is 14.8 Å². The predicted molar refractivity (Wildman–Crippen MR) is 20.8 cm³/mol. The number of rotatable bonds is 1. The third kappa shape index (κ3) is 0.677. The third-order valence-electron chi connectivity index (χ3n) is 0.537. The second kappa shape index (κ2) is 1.59. The van der Waals surface area contributed by atoms with Gasteiger partial charge < -0.3 is 14.1 Å². The average Bonchev–Trinajstić information content (AvgIpc) is 2.14. The van der Waals surface area contributed by atoms with Gasteiger partial charge in [0, 0.05) is 6.80 Å². The Balaban J connectivity index is 2.76. The van der Waals surface area contributed by atoms with E-state index in [9.17, 15) is 4.39 Å². The number of hydrogen-bond donors (Lipinski definition) is 0. The van der Waals surface area contributed by atoms with E-state index in [2.05, 4.69) is 10.1 Å². The summed E-state index contributed by atoms with van der Waals surface area (Å²) in [6.07, 6.45) is 2.52. The molecule has 1 heterocycles. The molecule has 0 aliphatic heterocycles. The number of halogens is 1. The fourth-order valence-corrected chi connectivity index (χ4v) is 0.268. The lowest BCUT2D eigenvalue weighted by atomic mass is 11.2. The SMILES string of the molecule is F[CH-]n1cncn1. The van der Waals surface area contributed by atoms with Crippen molar-refractivity contribution in [2.45, 2.75) is 0 Å². The Kier molecular flexibility index (Phi) is 0.934. The fraction of sp³-hybridized carbons (Fsp3) is 0. The van der Waals surface area contributed by atoms with Crippen molar-refractivity contribution in [2.24, 2.45) is 0 Å². The molecule has 0 atom stereocenters. The average molecular weight is 100 g/mol. The molecule has 0 radical (unpaired) electrons. The Hall–Kier alpha value is -1.06. The van der Waals surface area contributed by atoms with E-state index in [1.165, 1.54) is 12.7 Å². The summed E-state index contributed by atoms with van der Waals surface area (Å²) in [5.74, 6) is 0. The van der Waals surface area contributed by atoms with E-state index in [1.807, 2.05) is 0 Å². The van der Waals surface area contributed by atoms with Gasteiger partial charge in [-0.15, -0.1) is 0 Å². The van der Waals surface area contributed by atoms with E-state index in [4.69, 9.17) is 0 Å². The number of hydrogen-bond acceptors (Lipinski definition) is 2. The lowest BCUT2D eigenvalue weighted by Crippen LogP contribution is -1.87. The van der Waals surface area contributed by atoms with Gasteiger partial charge in [-0.2, -0.15) is 5.10 Å². The summed E-state index contributed by atoms with van der Waals surface area (Å²) in [6, 6.07) is 0. The van der Waals surface area contributed by atoms with Gasteiger partial charge in [0.25, 0.3) is 0 Å². The van der Waals surface area contributed by atoms with Crippen LogP contribution in [0, 0.1) is 6.80 Å². The van der Waals surface area contributed by atoms with Crippen molar-refractivity contribution < 1.29 is 4.39 Å². The molecule has 0 N–H and O–H groups in total. The van der Waals surface area contributed by atoms with Gasteiger partial charge in [-0.3, -0.25) is 0 Å². The summed E-state index contributed by atoms with van der Waals surface area (Å²) in [5, 5.41) is 3.41. The van der Waals surface area contributed by atoms with E-state index in [-0.39, 0.29) is 0 Å². The molecule has 0 aliphatic rings. The summed E-state index contributed by atoms with van der Waals surface area (Å²) in [5.41, 5.74) is 0. The van der Waals surface area contributed by atoms with Crippen LogP contribution in [0.5, 0.6) is 0 Å². The normalized spacial score (nSPS) is 8.71. The topological polar surface area (TPSA) is 30.7 Å². The van der Waals surface area contributed by atoms with Crippen molar-refractivity contribution in [3.63, 3.8) is 0 Å². The Morgan fingerprint density at radius 1 is 1.71 bits per heavy atom. The molecule has 7 heavy (non-hydrogen) atoms. The van der Waals surface area contributed by atoms with Crippen molar-refractivity contribution in [1.29, 1.82) is 0 Å². The molecule has 0 amide bonds. The molecule has 0 saturated heterocycles. The van der Waals surface area contributed by atoms with Crippen LogP contribution in [0.15, 0.2) is 12.7 Å². The molecule has 0 unspecified atom stereocenters. The maximum Gasteiger partial charge on any atom is 0.115 e. The van der Waals surface area contributed by atoms with Crippen molar-refractivity contribution in [1.82, 2.24) is 14.8 Å². The highest BCUT2D eigenvalue weighted by Crippen LogP contribution is 1.80. The molecule has 1 aromatic rings. The van der Waals surface area contributed by atoms with Gasteiger partial charge in [0.05, 0.1) is 0 Å². The molecule has 1 rings (SSSR count). The predicted octanol–water partition coefficient (Wildman–Crippen LogP) is 0.215. The van der Waals surface area contributed by atoms with Crippen LogP contribution < -0.4 is 0 Å². The van der Waals surface area contributed by atoms with E-state index in [1.54, 1.807) is 0 Å². The van der Waals surface area contributed by atoms with Crippen LogP contribution >= 0.6 is 0 Å². The molecule has 4 heteroatoms. The minimum absolute atomic E-state index is 0.326.